The Morgan fingerprint density at radius 1 is 0.444 bits per heavy atom. The molecule has 0 radical (unpaired) electrons. The molecule has 8 aromatic rings. The van der Waals surface area contributed by atoms with Crippen LogP contribution in [-0.4, -0.2) is 121 Å². The first-order valence-electron chi connectivity index (χ1n) is 19.8. The van der Waals surface area contributed by atoms with Gasteiger partial charge in [-0.25, -0.2) is 55.5 Å². The van der Waals surface area contributed by atoms with Gasteiger partial charge in [-0.1, -0.05) is 0 Å². The number of carboxylic acid groups (broad SMARTS) is 2. The van der Waals surface area contributed by atoms with Crippen LogP contribution in [0.1, 0.15) is 41.4 Å². The molecule has 0 aliphatic carbocycles. The zero-order valence-corrected chi connectivity index (χ0v) is 41.1. The van der Waals surface area contributed by atoms with Crippen molar-refractivity contribution in [3.63, 3.8) is 0 Å². The SMILES string of the molecule is COC(=O)c1cn(-c2ccc(F)cc2)nc1OC.COC(=O)c1cnn(-c2ccc(F)cc2)c1OC.COc1c(C(=O)O)cnn1-c1ccc(F)cc1.COc1nn(-c2ccc(F)cc2)cc1C(=O)O.[Na+].[OH-]. The second-order valence-electron chi connectivity index (χ2n) is 13.5. The molecule has 4 aromatic heterocycles. The number of ether oxygens (including phenoxy) is 6. The summed E-state index contributed by atoms with van der Waals surface area (Å²) in [6.07, 6.45) is 5.31. The van der Waals surface area contributed by atoms with Gasteiger partial charge >= 0.3 is 53.4 Å². The minimum atomic E-state index is -1.13. The van der Waals surface area contributed by atoms with Crippen molar-refractivity contribution in [2.45, 2.75) is 0 Å². The second kappa shape index (κ2) is 27.0. The van der Waals surface area contributed by atoms with Gasteiger partial charge in [-0.3, -0.25) is 0 Å². The van der Waals surface area contributed by atoms with E-state index in [1.54, 1.807) is 12.1 Å². The summed E-state index contributed by atoms with van der Waals surface area (Å²) in [5.41, 5.74) is 2.61. The van der Waals surface area contributed by atoms with Gasteiger partial charge < -0.3 is 44.1 Å². The first kappa shape index (κ1) is 57.8. The summed E-state index contributed by atoms with van der Waals surface area (Å²) >= 11 is 0. The molecule has 0 fully saturated rings. The van der Waals surface area contributed by atoms with Gasteiger partial charge in [-0.2, -0.15) is 10.2 Å². The third kappa shape index (κ3) is 14.3. The van der Waals surface area contributed by atoms with E-state index in [0.717, 1.165) is 0 Å². The van der Waals surface area contributed by atoms with Crippen molar-refractivity contribution in [3.8, 4) is 46.3 Å². The van der Waals surface area contributed by atoms with Crippen LogP contribution < -0.4 is 48.5 Å². The van der Waals surface area contributed by atoms with Gasteiger partial charge in [0.05, 0.1) is 77.8 Å². The molecule has 0 atom stereocenters. The molecule has 0 amide bonds. The molecule has 0 spiro atoms. The number of aromatic nitrogens is 8. The van der Waals surface area contributed by atoms with E-state index in [1.807, 2.05) is 0 Å². The average Bonchev–Trinajstić information content (AvgIpc) is 4.20. The molecular formula is C46H41F4N8NaO13. The number of carboxylic acids is 2. The number of carbonyl (C=O) groups excluding carboxylic acids is 2. The van der Waals surface area contributed by atoms with Gasteiger partial charge in [0.1, 0.15) is 45.5 Å². The Hall–Kier alpha value is -8.52. The van der Waals surface area contributed by atoms with Gasteiger partial charge in [0, 0.05) is 12.4 Å². The number of methoxy groups -OCH3 is 6. The molecule has 72 heavy (non-hydrogen) atoms. The number of benzene rings is 4. The molecule has 0 aliphatic rings. The average molecular weight is 1010 g/mol. The molecular weight excluding hydrogens is 972 g/mol. The summed E-state index contributed by atoms with van der Waals surface area (Å²) in [5.74, 6) is -4.26. The predicted molar refractivity (Wildman–Crippen MR) is 239 cm³/mol. The fourth-order valence-corrected chi connectivity index (χ4v) is 5.86. The Balaban J connectivity index is 0.000000251. The molecule has 4 heterocycles. The van der Waals surface area contributed by atoms with Crippen LogP contribution in [0.25, 0.3) is 22.7 Å². The normalized spacial score (nSPS) is 9.92. The third-order valence-electron chi connectivity index (χ3n) is 9.18. The number of aromatic carboxylic acids is 2. The van der Waals surface area contributed by atoms with E-state index >= 15 is 0 Å². The summed E-state index contributed by atoms with van der Waals surface area (Å²) < 4.78 is 85.8. The minimum absolute atomic E-state index is 0. The second-order valence-corrected chi connectivity index (χ2v) is 13.5. The van der Waals surface area contributed by atoms with Crippen molar-refractivity contribution in [3.05, 3.63) is 167 Å². The maximum atomic E-state index is 12.8. The van der Waals surface area contributed by atoms with E-state index in [9.17, 15) is 36.7 Å². The van der Waals surface area contributed by atoms with E-state index in [1.165, 1.54) is 171 Å². The Bertz CT molecular complexity index is 3030. The van der Waals surface area contributed by atoms with Crippen LogP contribution in [0, 0.1) is 23.3 Å². The largest absolute Gasteiger partial charge is 1.00 e. The van der Waals surface area contributed by atoms with Crippen LogP contribution >= 0.6 is 0 Å². The Labute approximate surface area is 427 Å². The van der Waals surface area contributed by atoms with E-state index in [4.69, 9.17) is 29.2 Å². The smallest absolute Gasteiger partial charge is 0.870 e. The Morgan fingerprint density at radius 3 is 1.07 bits per heavy atom. The van der Waals surface area contributed by atoms with Gasteiger partial charge in [0.25, 0.3) is 0 Å². The topological polar surface area (TPSA) is 265 Å². The van der Waals surface area contributed by atoms with Crippen molar-refractivity contribution in [1.82, 2.24) is 39.1 Å². The van der Waals surface area contributed by atoms with Crippen LogP contribution in [0.3, 0.4) is 0 Å². The zero-order chi connectivity index (χ0) is 51.1. The molecule has 0 bridgehead atoms. The number of nitrogens with zero attached hydrogens (tertiary/aromatic N) is 8. The third-order valence-corrected chi connectivity index (χ3v) is 9.18. The monoisotopic (exact) mass is 1010 g/mol. The standard InChI is InChI=1S/2C12H11FN2O3.2C11H9FN2O3.Na.H2O/c1-17-11-10(12(16)18-2)7-15(14-11)9-5-3-8(13)4-6-9;1-17-11-10(12(16)18-2)7-14-15(11)9-5-3-8(13)4-6-9;1-17-10-9(11(15)16)6-14(13-10)8-4-2-7(12)3-5-8;1-17-10-9(11(15)16)6-13-14(10)8-4-2-7(12)3-5-8;;/h2*3-7H,1-2H3;2*2-6H,1H3,(H,15,16);;1H2/q;;;;+1;/p-1. The molecule has 8 rings (SSSR count). The van der Waals surface area contributed by atoms with Gasteiger partial charge in [-0.05, 0) is 97.1 Å². The first-order chi connectivity index (χ1) is 33.6. The molecule has 3 N–H and O–H groups in total. The Morgan fingerprint density at radius 2 is 0.750 bits per heavy atom. The van der Waals surface area contributed by atoms with Crippen LogP contribution in [0.2, 0.25) is 0 Å². The van der Waals surface area contributed by atoms with Crippen molar-refractivity contribution < 1.29 is 110 Å². The number of hydrogen-bond donors (Lipinski definition) is 2. The molecule has 0 unspecified atom stereocenters. The summed E-state index contributed by atoms with van der Waals surface area (Å²) in [5, 5.41) is 33.7. The molecule has 0 saturated carbocycles. The van der Waals surface area contributed by atoms with E-state index < -0.39 is 23.9 Å². The quantitative estimate of drug-likeness (QED) is 0.0999. The number of hydrogen-bond acceptors (Lipinski definition) is 15. The number of halogens is 4. The number of esters is 2. The maximum Gasteiger partial charge on any atom is 1.00 e. The summed E-state index contributed by atoms with van der Waals surface area (Å²) in [6.45, 7) is 0. The van der Waals surface area contributed by atoms with Crippen molar-refractivity contribution >= 4 is 23.9 Å². The molecule has 21 nitrogen and oxygen atoms in total. The fourth-order valence-electron chi connectivity index (χ4n) is 5.86. The van der Waals surface area contributed by atoms with Crippen LogP contribution in [0.5, 0.6) is 23.5 Å². The van der Waals surface area contributed by atoms with Crippen molar-refractivity contribution in [1.29, 1.82) is 0 Å². The van der Waals surface area contributed by atoms with Gasteiger partial charge in [-0.15, -0.1) is 10.2 Å². The number of rotatable bonds is 12. The molecule has 372 valence electrons. The number of carbonyl (C=O) groups is 4. The molecule has 4 aromatic carbocycles. The van der Waals surface area contributed by atoms with E-state index in [2.05, 4.69) is 29.9 Å². The van der Waals surface area contributed by atoms with Crippen LogP contribution in [0.4, 0.5) is 17.6 Å². The van der Waals surface area contributed by atoms with E-state index in [-0.39, 0.29) is 104 Å². The van der Waals surface area contributed by atoms with Crippen LogP contribution in [-0.2, 0) is 9.47 Å². The summed E-state index contributed by atoms with van der Waals surface area (Å²) in [4.78, 5) is 44.7. The van der Waals surface area contributed by atoms with Crippen molar-refractivity contribution in [2.24, 2.45) is 0 Å². The minimum Gasteiger partial charge on any atom is -0.870 e. The van der Waals surface area contributed by atoms with Gasteiger partial charge in [0.2, 0.25) is 23.5 Å². The molecule has 0 saturated heterocycles. The predicted octanol–water partition coefficient (Wildman–Crippen LogP) is 3.88. The van der Waals surface area contributed by atoms with Crippen molar-refractivity contribution in [2.75, 3.05) is 42.7 Å². The summed E-state index contributed by atoms with van der Waals surface area (Å²) in [6, 6.07) is 22.4. The Kier molecular flexibility index (Phi) is 21.7. The summed E-state index contributed by atoms with van der Waals surface area (Å²) in [7, 11) is 8.06. The van der Waals surface area contributed by atoms with Gasteiger partial charge in [0.15, 0.2) is 0 Å². The zero-order valence-electron chi connectivity index (χ0n) is 39.1. The fraction of sp³-hybridized carbons (Fsp3) is 0.130. The maximum absolute atomic E-state index is 12.8. The molecule has 26 heteroatoms. The van der Waals surface area contributed by atoms with Crippen LogP contribution in [0.15, 0.2) is 122 Å². The van der Waals surface area contributed by atoms with E-state index in [0.29, 0.717) is 22.7 Å². The first-order valence-corrected chi connectivity index (χ1v) is 19.8. The molecule has 0 aliphatic heterocycles.